The van der Waals surface area contributed by atoms with Crippen molar-refractivity contribution >= 4 is 23.0 Å². The molecule has 1 N–H and O–H groups in total. The van der Waals surface area contributed by atoms with E-state index in [2.05, 4.69) is 10.1 Å². The lowest BCUT2D eigenvalue weighted by atomic mass is 9.88. The standard InChI is InChI=1S/C23H24N2O5/c1-29-20-10-3-2-6-14(20)24-15-7-4-8-17(26)22(15)19(28)13-12-16-23-18(27)9-5-11-21(23)30-25-16/h2-3,6,10,28H,4-5,7-9,11-13H2,1H3/b22-19+,24-15?. The average molecular weight is 408 g/mol. The summed E-state index contributed by atoms with van der Waals surface area (Å²) in [5.41, 5.74) is 2.55. The van der Waals surface area contributed by atoms with Crippen molar-refractivity contribution < 1.29 is 24.0 Å². The molecule has 2 aliphatic rings. The molecule has 0 bridgehead atoms. The quantitative estimate of drug-likeness (QED) is 0.578. The van der Waals surface area contributed by atoms with Crippen molar-refractivity contribution in [1.82, 2.24) is 5.16 Å². The third-order valence-corrected chi connectivity index (χ3v) is 5.53. The smallest absolute Gasteiger partial charge is 0.168 e. The summed E-state index contributed by atoms with van der Waals surface area (Å²) in [6, 6.07) is 7.31. The molecular weight excluding hydrogens is 384 g/mol. The van der Waals surface area contributed by atoms with Crippen LogP contribution in [0.25, 0.3) is 0 Å². The first-order valence-corrected chi connectivity index (χ1v) is 10.3. The molecule has 4 rings (SSSR count). The lowest BCUT2D eigenvalue weighted by molar-refractivity contribution is -0.115. The zero-order valence-electron chi connectivity index (χ0n) is 16.9. The van der Waals surface area contributed by atoms with Crippen LogP contribution in [-0.2, 0) is 17.6 Å². The molecule has 1 aromatic heterocycles. The summed E-state index contributed by atoms with van der Waals surface area (Å²) in [6.45, 7) is 0. The van der Waals surface area contributed by atoms with E-state index in [0.717, 1.165) is 6.42 Å². The van der Waals surface area contributed by atoms with Gasteiger partial charge in [-0.25, -0.2) is 4.99 Å². The van der Waals surface area contributed by atoms with Crippen LogP contribution in [0.15, 0.2) is 45.1 Å². The van der Waals surface area contributed by atoms with Crippen LogP contribution in [0.4, 0.5) is 5.69 Å². The Morgan fingerprint density at radius 3 is 2.73 bits per heavy atom. The van der Waals surface area contributed by atoms with E-state index in [1.54, 1.807) is 13.2 Å². The van der Waals surface area contributed by atoms with E-state index in [1.807, 2.05) is 18.2 Å². The van der Waals surface area contributed by atoms with Gasteiger partial charge < -0.3 is 14.4 Å². The van der Waals surface area contributed by atoms with Gasteiger partial charge in [0.15, 0.2) is 11.6 Å². The van der Waals surface area contributed by atoms with Crippen LogP contribution in [0.5, 0.6) is 5.75 Å². The Kier molecular flexibility index (Phi) is 5.79. The lowest BCUT2D eigenvalue weighted by Crippen LogP contribution is -2.21. The highest BCUT2D eigenvalue weighted by Crippen LogP contribution is 2.31. The second kappa shape index (κ2) is 8.65. The van der Waals surface area contributed by atoms with Gasteiger partial charge in [-0.15, -0.1) is 0 Å². The predicted molar refractivity (Wildman–Crippen MR) is 111 cm³/mol. The van der Waals surface area contributed by atoms with Gasteiger partial charge in [0.1, 0.15) is 23.0 Å². The summed E-state index contributed by atoms with van der Waals surface area (Å²) in [7, 11) is 1.57. The Morgan fingerprint density at radius 1 is 1.13 bits per heavy atom. The molecule has 2 aliphatic carbocycles. The van der Waals surface area contributed by atoms with Crippen LogP contribution in [0.1, 0.15) is 60.3 Å². The van der Waals surface area contributed by atoms with E-state index in [4.69, 9.17) is 9.26 Å². The fourth-order valence-corrected chi connectivity index (χ4v) is 4.05. The van der Waals surface area contributed by atoms with Crippen molar-refractivity contribution in [2.24, 2.45) is 4.99 Å². The van der Waals surface area contributed by atoms with E-state index >= 15 is 0 Å². The Bertz CT molecular complexity index is 1050. The van der Waals surface area contributed by atoms with Crippen LogP contribution in [0.2, 0.25) is 0 Å². The van der Waals surface area contributed by atoms with Crippen LogP contribution < -0.4 is 4.74 Å². The number of Topliss-reactive ketones (excluding diaryl/α,β-unsaturated/α-hetero) is 2. The highest BCUT2D eigenvalue weighted by atomic mass is 16.5. The molecule has 30 heavy (non-hydrogen) atoms. The topological polar surface area (TPSA) is 102 Å². The number of ketones is 2. The second-order valence-electron chi connectivity index (χ2n) is 7.53. The average Bonchev–Trinajstić information content (AvgIpc) is 3.17. The molecule has 1 aromatic carbocycles. The van der Waals surface area contributed by atoms with Gasteiger partial charge in [0.05, 0.1) is 29.7 Å². The van der Waals surface area contributed by atoms with Gasteiger partial charge in [-0.2, -0.15) is 0 Å². The van der Waals surface area contributed by atoms with E-state index in [1.165, 1.54) is 0 Å². The van der Waals surface area contributed by atoms with E-state index in [-0.39, 0.29) is 29.3 Å². The first-order valence-electron chi connectivity index (χ1n) is 10.3. The fourth-order valence-electron chi connectivity index (χ4n) is 4.05. The van der Waals surface area contributed by atoms with E-state index < -0.39 is 0 Å². The summed E-state index contributed by atoms with van der Waals surface area (Å²) in [4.78, 5) is 29.5. The SMILES string of the molecule is COc1ccccc1N=C1CCCC(=O)/C1=C(/O)CCc1noc2c1C(=O)CCC2. The molecule has 7 nitrogen and oxygen atoms in total. The normalized spacial score (nSPS) is 19.7. The number of aliphatic hydroxyl groups excluding tert-OH is 1. The number of rotatable bonds is 5. The Morgan fingerprint density at radius 2 is 1.90 bits per heavy atom. The predicted octanol–water partition coefficient (Wildman–Crippen LogP) is 4.47. The first-order chi connectivity index (χ1) is 14.6. The molecule has 0 unspecified atom stereocenters. The fraction of sp³-hybridized carbons (Fsp3) is 0.391. The molecule has 2 aromatic rings. The minimum Gasteiger partial charge on any atom is -0.511 e. The Balaban J connectivity index is 1.62. The number of fused-ring (bicyclic) bond motifs is 1. The van der Waals surface area contributed by atoms with Gasteiger partial charge >= 0.3 is 0 Å². The summed E-state index contributed by atoms with van der Waals surface area (Å²) in [6.07, 6.45) is 4.15. The minimum atomic E-state index is -0.120. The molecule has 156 valence electrons. The molecule has 0 amide bonds. The monoisotopic (exact) mass is 408 g/mol. The second-order valence-corrected chi connectivity index (χ2v) is 7.53. The molecule has 0 saturated heterocycles. The van der Waals surface area contributed by atoms with Crippen molar-refractivity contribution in [1.29, 1.82) is 0 Å². The molecule has 7 heteroatoms. The number of aliphatic hydroxyl groups is 1. The molecule has 0 atom stereocenters. The van der Waals surface area contributed by atoms with Gasteiger partial charge in [0.2, 0.25) is 0 Å². The van der Waals surface area contributed by atoms with Crippen molar-refractivity contribution in [3.63, 3.8) is 0 Å². The number of nitrogens with zero attached hydrogens (tertiary/aromatic N) is 2. The zero-order chi connectivity index (χ0) is 21.1. The van der Waals surface area contributed by atoms with Crippen molar-refractivity contribution in [3.05, 3.63) is 52.6 Å². The molecule has 1 heterocycles. The van der Waals surface area contributed by atoms with Crippen LogP contribution >= 0.6 is 0 Å². The van der Waals surface area contributed by atoms with Gasteiger partial charge in [-0.1, -0.05) is 17.3 Å². The minimum absolute atomic E-state index is 0.0200. The Hall–Kier alpha value is -3.22. The number of aromatic nitrogens is 1. The molecule has 0 radical (unpaired) electrons. The maximum atomic E-state index is 12.6. The number of benzene rings is 1. The molecule has 1 saturated carbocycles. The molecular formula is C23H24N2O5. The van der Waals surface area contributed by atoms with Gasteiger partial charge in [0, 0.05) is 32.1 Å². The third-order valence-electron chi connectivity index (χ3n) is 5.53. The van der Waals surface area contributed by atoms with Crippen LogP contribution in [0, 0.1) is 0 Å². The van der Waals surface area contributed by atoms with Gasteiger partial charge in [-0.05, 0) is 31.4 Å². The Labute approximate surface area is 174 Å². The summed E-state index contributed by atoms with van der Waals surface area (Å²) < 4.78 is 10.7. The van der Waals surface area contributed by atoms with E-state index in [9.17, 15) is 14.7 Å². The van der Waals surface area contributed by atoms with Crippen LogP contribution in [-0.4, -0.2) is 34.7 Å². The highest BCUT2D eigenvalue weighted by molar-refractivity contribution is 6.24. The molecule has 0 spiro atoms. The number of para-hydroxylation sites is 2. The summed E-state index contributed by atoms with van der Waals surface area (Å²) in [5, 5.41) is 14.8. The number of allylic oxidation sites excluding steroid dienone is 2. The maximum Gasteiger partial charge on any atom is 0.168 e. The number of ether oxygens (including phenoxy) is 1. The van der Waals surface area contributed by atoms with Crippen molar-refractivity contribution in [2.75, 3.05) is 7.11 Å². The zero-order valence-corrected chi connectivity index (χ0v) is 16.9. The number of hydrogen-bond donors (Lipinski definition) is 1. The van der Waals surface area contributed by atoms with E-state index in [0.29, 0.717) is 72.7 Å². The van der Waals surface area contributed by atoms with Crippen molar-refractivity contribution in [2.45, 2.75) is 51.4 Å². The lowest BCUT2D eigenvalue weighted by Gasteiger charge is -2.18. The molecule has 0 aliphatic heterocycles. The summed E-state index contributed by atoms with van der Waals surface area (Å²) >= 11 is 0. The highest BCUT2D eigenvalue weighted by Gasteiger charge is 2.28. The third kappa shape index (κ3) is 3.92. The number of carbonyl (C=O) groups excluding carboxylic acids is 2. The van der Waals surface area contributed by atoms with Crippen molar-refractivity contribution in [3.8, 4) is 5.75 Å². The number of carbonyl (C=O) groups is 2. The largest absolute Gasteiger partial charge is 0.511 e. The number of methoxy groups -OCH3 is 1. The van der Waals surface area contributed by atoms with Gasteiger partial charge in [0.25, 0.3) is 0 Å². The maximum absolute atomic E-state index is 12.6. The first kappa shape index (κ1) is 20.1. The van der Waals surface area contributed by atoms with Crippen LogP contribution in [0.3, 0.4) is 0 Å². The number of aryl methyl sites for hydroxylation is 2. The summed E-state index contributed by atoms with van der Waals surface area (Å²) in [5.74, 6) is 1.13. The van der Waals surface area contributed by atoms with Gasteiger partial charge in [-0.3, -0.25) is 9.59 Å². The molecule has 1 fully saturated rings. The number of aliphatic imine (C=N–C) groups is 1. The number of hydrogen-bond acceptors (Lipinski definition) is 7.